The minimum absolute atomic E-state index is 0.155. The third-order valence-corrected chi connectivity index (χ3v) is 4.80. The van der Waals surface area contributed by atoms with Crippen LogP contribution in [0.5, 0.6) is 0 Å². The summed E-state index contributed by atoms with van der Waals surface area (Å²) in [5.74, 6) is 0.840. The number of nitrogens with zero attached hydrogens (tertiary/aromatic N) is 4. The summed E-state index contributed by atoms with van der Waals surface area (Å²) < 4.78 is 7.09. The zero-order valence-electron chi connectivity index (χ0n) is 15.7. The van der Waals surface area contributed by atoms with E-state index in [1.54, 1.807) is 0 Å². The third kappa shape index (κ3) is 3.61. The summed E-state index contributed by atoms with van der Waals surface area (Å²) >= 11 is 0. The van der Waals surface area contributed by atoms with Crippen molar-refractivity contribution in [2.24, 2.45) is 16.8 Å². The molecule has 0 saturated carbocycles. The topological polar surface area (TPSA) is 171 Å². The number of oxime groups is 1. The van der Waals surface area contributed by atoms with Crippen molar-refractivity contribution >= 4 is 22.7 Å². The van der Waals surface area contributed by atoms with Crippen LogP contribution in [0.15, 0.2) is 17.7 Å². The number of anilines is 1. The molecule has 2 unspecified atom stereocenters. The average molecular weight is 394 g/mol. The van der Waals surface area contributed by atoms with Crippen LogP contribution in [0.2, 0.25) is 0 Å². The van der Waals surface area contributed by atoms with Crippen LogP contribution >= 0.6 is 0 Å². The molecule has 0 bridgehead atoms. The highest BCUT2D eigenvalue weighted by Crippen LogP contribution is 2.35. The van der Waals surface area contributed by atoms with Crippen LogP contribution in [0.4, 0.5) is 5.82 Å². The van der Waals surface area contributed by atoms with E-state index < -0.39 is 31.1 Å². The number of nitrogens with one attached hydrogen (secondary N) is 1. The number of nitrogens with two attached hydrogens (primary N) is 1. The first-order chi connectivity index (χ1) is 13.4. The molecule has 11 heteroatoms. The molecule has 1 saturated heterocycles. The van der Waals surface area contributed by atoms with Gasteiger partial charge in [0.2, 0.25) is 0 Å². The fourth-order valence-corrected chi connectivity index (χ4v) is 3.25. The normalized spacial score (nSPS) is 25.7. The number of fused-ring (bicyclic) bond motifs is 1. The summed E-state index contributed by atoms with van der Waals surface area (Å²) in [5.41, 5.74) is 6.57. The van der Waals surface area contributed by atoms with Gasteiger partial charge in [0.05, 0.1) is 17.6 Å². The first-order valence-electron chi connectivity index (χ1n) is 9.08. The molecule has 0 radical (unpaired) electrons. The van der Waals surface area contributed by atoms with Gasteiger partial charge in [0, 0.05) is 12.7 Å². The van der Waals surface area contributed by atoms with Gasteiger partial charge in [0.15, 0.2) is 12.1 Å². The van der Waals surface area contributed by atoms with Crippen LogP contribution in [0.25, 0.3) is 11.0 Å². The second-order valence-corrected chi connectivity index (χ2v) is 7.19. The maximum atomic E-state index is 10.4. The summed E-state index contributed by atoms with van der Waals surface area (Å²) in [6.07, 6.45) is -0.704. The largest absolute Gasteiger partial charge is 0.409 e. The average Bonchev–Trinajstić information content (AvgIpc) is 3.20. The van der Waals surface area contributed by atoms with E-state index in [0.29, 0.717) is 34.9 Å². The van der Waals surface area contributed by atoms with Gasteiger partial charge < -0.3 is 40.9 Å². The van der Waals surface area contributed by atoms with Crippen molar-refractivity contribution in [3.05, 3.63) is 18.1 Å². The van der Waals surface area contributed by atoms with Crippen molar-refractivity contribution in [3.8, 4) is 0 Å². The number of rotatable bonds is 7. The first-order valence-corrected chi connectivity index (χ1v) is 9.08. The van der Waals surface area contributed by atoms with E-state index in [-0.39, 0.29) is 5.84 Å². The molecule has 28 heavy (non-hydrogen) atoms. The number of aliphatic hydroxyl groups excluding tert-OH is 3. The van der Waals surface area contributed by atoms with Crippen LogP contribution in [-0.4, -0.2) is 72.4 Å². The summed E-state index contributed by atoms with van der Waals surface area (Å²) in [6.45, 7) is 4.44. The Kier molecular flexibility index (Phi) is 5.98. The van der Waals surface area contributed by atoms with Gasteiger partial charge in [-0.05, 0) is 12.3 Å². The Bertz CT molecular complexity index is 854. The van der Waals surface area contributed by atoms with Gasteiger partial charge in [-0.25, -0.2) is 9.97 Å². The maximum absolute atomic E-state index is 10.4. The molecule has 1 aliphatic heterocycles. The number of aliphatic hydroxyl groups is 3. The fraction of sp³-hybridized carbons (Fsp3) is 0.588. The maximum Gasteiger partial charge on any atom is 0.172 e. The van der Waals surface area contributed by atoms with Crippen molar-refractivity contribution in [1.82, 2.24) is 14.5 Å². The van der Waals surface area contributed by atoms with Crippen molar-refractivity contribution in [2.45, 2.75) is 44.8 Å². The van der Waals surface area contributed by atoms with Crippen molar-refractivity contribution < 1.29 is 25.3 Å². The standard InChI is InChI=1S/C17H26N6O5/c1-8(2)3-4-19-15-11-9(14(18)22-27)5-23(16(11)21-7-20-15)17-13(26)12(25)10(6-24)28-17/h5,7-8,10,12-13,17,24-27H,3-4,6H2,1-2H3,(H2,18,22)(H,19,20,21)/t10?,12?,13-,17+/m0/s1. The predicted octanol–water partition coefficient (Wildman–Crippen LogP) is -0.405. The Morgan fingerprint density at radius 2 is 2.11 bits per heavy atom. The van der Waals surface area contributed by atoms with Crippen LogP contribution in [-0.2, 0) is 4.74 Å². The molecule has 1 aliphatic rings. The molecule has 0 aliphatic carbocycles. The SMILES string of the molecule is CC(C)CCNc1ncnc2c1c(C(N)=NO)cn2[C@@H]1OC(CO)C(O)[C@@H]1O. The van der Waals surface area contributed by atoms with E-state index in [4.69, 9.17) is 10.5 Å². The number of aromatic nitrogens is 3. The highest BCUT2D eigenvalue weighted by Gasteiger charge is 2.44. The molecular formula is C17H26N6O5. The smallest absolute Gasteiger partial charge is 0.172 e. The van der Waals surface area contributed by atoms with Gasteiger partial charge in [-0.2, -0.15) is 0 Å². The van der Waals surface area contributed by atoms with E-state index in [1.807, 2.05) is 0 Å². The second-order valence-electron chi connectivity index (χ2n) is 7.19. The lowest BCUT2D eigenvalue weighted by atomic mass is 10.1. The number of hydrogen-bond donors (Lipinski definition) is 6. The van der Waals surface area contributed by atoms with Crippen molar-refractivity contribution in [1.29, 1.82) is 0 Å². The Morgan fingerprint density at radius 3 is 2.71 bits per heavy atom. The fourth-order valence-electron chi connectivity index (χ4n) is 3.25. The van der Waals surface area contributed by atoms with E-state index in [0.717, 1.165) is 6.42 Å². The molecule has 0 aromatic carbocycles. The van der Waals surface area contributed by atoms with E-state index in [9.17, 15) is 20.5 Å². The molecule has 0 amide bonds. The Balaban J connectivity index is 2.07. The van der Waals surface area contributed by atoms with Crippen LogP contribution < -0.4 is 11.1 Å². The lowest BCUT2D eigenvalue weighted by Crippen LogP contribution is -2.33. The van der Waals surface area contributed by atoms with Gasteiger partial charge >= 0.3 is 0 Å². The van der Waals surface area contributed by atoms with Crippen molar-refractivity contribution in [2.75, 3.05) is 18.5 Å². The number of ether oxygens (including phenoxy) is 1. The van der Waals surface area contributed by atoms with Crippen molar-refractivity contribution in [3.63, 3.8) is 0 Å². The number of amidine groups is 1. The zero-order valence-corrected chi connectivity index (χ0v) is 15.7. The highest BCUT2D eigenvalue weighted by molar-refractivity contribution is 6.11. The molecular weight excluding hydrogens is 368 g/mol. The molecule has 3 heterocycles. The molecule has 154 valence electrons. The predicted molar refractivity (Wildman–Crippen MR) is 101 cm³/mol. The lowest BCUT2D eigenvalue weighted by Gasteiger charge is -2.17. The molecule has 2 aromatic rings. The minimum atomic E-state index is -1.29. The molecule has 3 rings (SSSR count). The van der Waals surface area contributed by atoms with Gasteiger partial charge in [-0.15, -0.1) is 0 Å². The van der Waals surface area contributed by atoms with E-state index in [2.05, 4.69) is 34.3 Å². The van der Waals surface area contributed by atoms with Crippen LogP contribution in [0, 0.1) is 5.92 Å². The second kappa shape index (κ2) is 8.27. The molecule has 4 atom stereocenters. The number of hydrogen-bond acceptors (Lipinski definition) is 9. The highest BCUT2D eigenvalue weighted by atomic mass is 16.6. The summed E-state index contributed by atoms with van der Waals surface area (Å²) in [7, 11) is 0. The van der Waals surface area contributed by atoms with E-state index >= 15 is 0 Å². The molecule has 7 N–H and O–H groups in total. The molecule has 11 nitrogen and oxygen atoms in total. The van der Waals surface area contributed by atoms with Gasteiger partial charge in [0.1, 0.15) is 36.1 Å². The van der Waals surface area contributed by atoms with Crippen LogP contribution in [0.1, 0.15) is 32.1 Å². The van der Waals surface area contributed by atoms with E-state index in [1.165, 1.54) is 17.1 Å². The summed E-state index contributed by atoms with van der Waals surface area (Å²) in [4.78, 5) is 8.53. The molecule has 2 aromatic heterocycles. The zero-order chi connectivity index (χ0) is 20.4. The summed E-state index contributed by atoms with van der Waals surface area (Å²) in [5, 5.41) is 45.7. The summed E-state index contributed by atoms with van der Waals surface area (Å²) in [6, 6.07) is 0. The Hall–Kier alpha value is -2.47. The first kappa shape index (κ1) is 20.3. The quantitative estimate of drug-likeness (QED) is 0.158. The minimum Gasteiger partial charge on any atom is -0.409 e. The third-order valence-electron chi connectivity index (χ3n) is 4.80. The monoisotopic (exact) mass is 394 g/mol. The lowest BCUT2D eigenvalue weighted by molar-refractivity contribution is -0.0508. The molecule has 0 spiro atoms. The van der Waals surface area contributed by atoms with Gasteiger partial charge in [-0.3, -0.25) is 0 Å². The van der Waals surface area contributed by atoms with Gasteiger partial charge in [-0.1, -0.05) is 19.0 Å². The van der Waals surface area contributed by atoms with Crippen LogP contribution in [0.3, 0.4) is 0 Å². The Labute approximate surface area is 161 Å². The molecule has 1 fully saturated rings. The Morgan fingerprint density at radius 1 is 1.36 bits per heavy atom. The van der Waals surface area contributed by atoms with Gasteiger partial charge in [0.25, 0.3) is 0 Å².